The number of hydrogen-bond acceptors (Lipinski definition) is 4. The van der Waals surface area contributed by atoms with E-state index in [2.05, 4.69) is 16.0 Å². The van der Waals surface area contributed by atoms with Crippen LogP contribution in [0.2, 0.25) is 0 Å². The van der Waals surface area contributed by atoms with E-state index in [1.165, 1.54) is 18.5 Å². The molecular formula is C12H17N3O. The second kappa shape index (κ2) is 3.63. The molecule has 1 spiro atoms. The Morgan fingerprint density at radius 2 is 2.00 bits per heavy atom. The van der Waals surface area contributed by atoms with Gasteiger partial charge in [0.15, 0.2) is 0 Å². The predicted molar refractivity (Wildman–Crippen MR) is 63.3 cm³/mol. The average molecular weight is 219 g/mol. The molecule has 4 heteroatoms. The average Bonchev–Trinajstić information content (AvgIpc) is 2.28. The molecule has 1 aromatic heterocycles. The van der Waals surface area contributed by atoms with Gasteiger partial charge in [-0.2, -0.15) is 0 Å². The zero-order valence-electron chi connectivity index (χ0n) is 9.35. The highest BCUT2D eigenvalue weighted by molar-refractivity contribution is 5.51. The van der Waals surface area contributed by atoms with Gasteiger partial charge in [-0.25, -0.2) is 4.98 Å². The summed E-state index contributed by atoms with van der Waals surface area (Å²) in [5.41, 5.74) is 7.28. The summed E-state index contributed by atoms with van der Waals surface area (Å²) in [5.74, 6) is 0.588. The molecule has 2 fully saturated rings. The summed E-state index contributed by atoms with van der Waals surface area (Å²) < 4.78 is 5.41. The highest BCUT2D eigenvalue weighted by Gasteiger charge is 2.43. The number of nitrogen functional groups attached to an aromatic ring is 1. The number of aromatic nitrogens is 1. The quantitative estimate of drug-likeness (QED) is 0.773. The number of nitrogens with two attached hydrogens (primary N) is 1. The number of ether oxygens (including phenoxy) is 1. The fourth-order valence-electron chi connectivity index (χ4n) is 2.65. The Morgan fingerprint density at radius 1 is 1.25 bits per heavy atom. The summed E-state index contributed by atoms with van der Waals surface area (Å²) in [4.78, 5) is 6.50. The molecule has 0 bridgehead atoms. The molecule has 0 unspecified atom stereocenters. The van der Waals surface area contributed by atoms with Gasteiger partial charge < -0.3 is 15.4 Å². The molecule has 0 radical (unpaired) electrons. The van der Waals surface area contributed by atoms with Gasteiger partial charge in [-0.1, -0.05) is 0 Å². The van der Waals surface area contributed by atoms with E-state index in [-0.39, 0.29) is 0 Å². The third-order valence-corrected chi connectivity index (χ3v) is 3.74. The van der Waals surface area contributed by atoms with Crippen LogP contribution in [0.4, 0.5) is 11.5 Å². The first kappa shape index (κ1) is 9.90. The molecule has 16 heavy (non-hydrogen) atoms. The number of hydrogen-bond donors (Lipinski definition) is 1. The molecule has 0 aliphatic carbocycles. The Labute approximate surface area is 95.4 Å². The lowest BCUT2D eigenvalue weighted by molar-refractivity contribution is -0.000207. The van der Waals surface area contributed by atoms with Crippen LogP contribution in [0.15, 0.2) is 18.3 Å². The number of anilines is 2. The van der Waals surface area contributed by atoms with Crippen LogP contribution >= 0.6 is 0 Å². The van der Waals surface area contributed by atoms with Crippen molar-refractivity contribution in [1.82, 2.24) is 4.98 Å². The van der Waals surface area contributed by atoms with Crippen molar-refractivity contribution in [3.8, 4) is 0 Å². The molecule has 3 rings (SSSR count). The van der Waals surface area contributed by atoms with Gasteiger partial charge in [0, 0.05) is 31.7 Å². The summed E-state index contributed by atoms with van der Waals surface area (Å²) in [6, 6.07) is 3.92. The minimum absolute atomic E-state index is 0.514. The molecule has 0 amide bonds. The SMILES string of the molecule is Nc1ccc(N2CC3(CCOCC3)C2)cn1. The van der Waals surface area contributed by atoms with E-state index in [0.29, 0.717) is 11.2 Å². The van der Waals surface area contributed by atoms with E-state index < -0.39 is 0 Å². The van der Waals surface area contributed by atoms with Gasteiger partial charge in [0.05, 0.1) is 11.9 Å². The molecular weight excluding hydrogens is 202 g/mol. The standard InChI is InChI=1S/C12H17N3O/c13-11-2-1-10(7-14-11)15-8-12(9-15)3-5-16-6-4-12/h1-2,7H,3-6,8-9H2,(H2,13,14). The van der Waals surface area contributed by atoms with Gasteiger partial charge in [0.1, 0.15) is 5.82 Å². The maximum Gasteiger partial charge on any atom is 0.123 e. The maximum absolute atomic E-state index is 5.58. The third kappa shape index (κ3) is 1.63. The Bertz CT molecular complexity index is 362. The van der Waals surface area contributed by atoms with Crippen molar-refractivity contribution < 1.29 is 4.74 Å². The van der Waals surface area contributed by atoms with Crippen LogP contribution in [-0.2, 0) is 4.74 Å². The Balaban J connectivity index is 1.66. The monoisotopic (exact) mass is 219 g/mol. The maximum atomic E-state index is 5.58. The second-order valence-corrected chi connectivity index (χ2v) is 4.91. The predicted octanol–water partition coefficient (Wildman–Crippen LogP) is 1.28. The van der Waals surface area contributed by atoms with Gasteiger partial charge in [-0.3, -0.25) is 0 Å². The highest BCUT2D eigenvalue weighted by Crippen LogP contribution is 2.41. The first-order chi connectivity index (χ1) is 7.77. The van der Waals surface area contributed by atoms with E-state index in [9.17, 15) is 0 Å². The van der Waals surface area contributed by atoms with E-state index in [4.69, 9.17) is 10.5 Å². The van der Waals surface area contributed by atoms with Crippen LogP contribution in [0, 0.1) is 5.41 Å². The number of nitrogens with zero attached hydrogens (tertiary/aromatic N) is 2. The lowest BCUT2D eigenvalue weighted by Crippen LogP contribution is -2.58. The van der Waals surface area contributed by atoms with Gasteiger partial charge in [0.2, 0.25) is 0 Å². The Morgan fingerprint density at radius 3 is 2.62 bits per heavy atom. The summed E-state index contributed by atoms with van der Waals surface area (Å²) in [7, 11) is 0. The zero-order valence-corrected chi connectivity index (χ0v) is 9.35. The number of rotatable bonds is 1. The van der Waals surface area contributed by atoms with Crippen LogP contribution in [-0.4, -0.2) is 31.3 Å². The first-order valence-corrected chi connectivity index (χ1v) is 5.82. The molecule has 1 aromatic rings. The van der Waals surface area contributed by atoms with Crippen LogP contribution in [0.3, 0.4) is 0 Å². The second-order valence-electron chi connectivity index (χ2n) is 4.91. The van der Waals surface area contributed by atoms with Crippen molar-refractivity contribution in [2.45, 2.75) is 12.8 Å². The molecule has 0 aromatic carbocycles. The van der Waals surface area contributed by atoms with Crippen molar-refractivity contribution in [1.29, 1.82) is 0 Å². The molecule has 2 aliphatic rings. The fraction of sp³-hybridized carbons (Fsp3) is 0.583. The summed E-state index contributed by atoms with van der Waals surface area (Å²) in [6.45, 7) is 4.13. The van der Waals surface area contributed by atoms with Crippen molar-refractivity contribution >= 4 is 11.5 Å². The first-order valence-electron chi connectivity index (χ1n) is 5.82. The smallest absolute Gasteiger partial charge is 0.123 e. The summed E-state index contributed by atoms with van der Waals surface area (Å²) in [6.07, 6.45) is 4.26. The Kier molecular flexibility index (Phi) is 2.24. The minimum Gasteiger partial charge on any atom is -0.384 e. The number of pyridine rings is 1. The lowest BCUT2D eigenvalue weighted by Gasteiger charge is -2.53. The minimum atomic E-state index is 0.514. The molecule has 2 aliphatic heterocycles. The molecule has 2 saturated heterocycles. The zero-order chi connectivity index (χ0) is 11.0. The van der Waals surface area contributed by atoms with Crippen LogP contribution in [0.1, 0.15) is 12.8 Å². The molecule has 0 atom stereocenters. The van der Waals surface area contributed by atoms with Gasteiger partial charge in [-0.05, 0) is 25.0 Å². The topological polar surface area (TPSA) is 51.4 Å². The van der Waals surface area contributed by atoms with E-state index >= 15 is 0 Å². The van der Waals surface area contributed by atoms with Gasteiger partial charge >= 0.3 is 0 Å². The summed E-state index contributed by atoms with van der Waals surface area (Å²) >= 11 is 0. The molecule has 0 saturated carbocycles. The van der Waals surface area contributed by atoms with Crippen molar-refractivity contribution in [2.24, 2.45) is 5.41 Å². The molecule has 3 heterocycles. The molecule has 2 N–H and O–H groups in total. The normalized spacial score (nSPS) is 23.1. The summed E-state index contributed by atoms with van der Waals surface area (Å²) in [5, 5.41) is 0. The van der Waals surface area contributed by atoms with E-state index in [1.54, 1.807) is 0 Å². The van der Waals surface area contributed by atoms with Crippen molar-refractivity contribution in [2.75, 3.05) is 36.9 Å². The van der Waals surface area contributed by atoms with Crippen LogP contribution in [0.25, 0.3) is 0 Å². The fourth-order valence-corrected chi connectivity index (χ4v) is 2.65. The highest BCUT2D eigenvalue weighted by atomic mass is 16.5. The third-order valence-electron chi connectivity index (χ3n) is 3.74. The van der Waals surface area contributed by atoms with Crippen molar-refractivity contribution in [3.05, 3.63) is 18.3 Å². The Hall–Kier alpha value is -1.29. The van der Waals surface area contributed by atoms with Crippen LogP contribution < -0.4 is 10.6 Å². The largest absolute Gasteiger partial charge is 0.384 e. The van der Waals surface area contributed by atoms with Crippen molar-refractivity contribution in [3.63, 3.8) is 0 Å². The van der Waals surface area contributed by atoms with Gasteiger partial charge in [-0.15, -0.1) is 0 Å². The van der Waals surface area contributed by atoms with E-state index in [1.807, 2.05) is 12.3 Å². The molecule has 86 valence electrons. The molecule has 4 nitrogen and oxygen atoms in total. The van der Waals surface area contributed by atoms with E-state index in [0.717, 1.165) is 26.3 Å². The lowest BCUT2D eigenvalue weighted by atomic mass is 9.73. The van der Waals surface area contributed by atoms with Gasteiger partial charge in [0.25, 0.3) is 0 Å². The van der Waals surface area contributed by atoms with Crippen LogP contribution in [0.5, 0.6) is 0 Å².